The molecule has 0 aliphatic carbocycles. The molecule has 4 heterocycles. The number of pyridine rings is 1. The van der Waals surface area contributed by atoms with Crippen molar-refractivity contribution in [3.63, 3.8) is 0 Å². The highest BCUT2D eigenvalue weighted by molar-refractivity contribution is 6.32. The quantitative estimate of drug-likeness (QED) is 0.374. The van der Waals surface area contributed by atoms with Crippen molar-refractivity contribution in [3.8, 4) is 17.2 Å². The van der Waals surface area contributed by atoms with E-state index >= 15 is 0 Å². The molecule has 0 saturated carbocycles. The Hall–Kier alpha value is -3.84. The van der Waals surface area contributed by atoms with E-state index < -0.39 is 0 Å². The van der Waals surface area contributed by atoms with Crippen molar-refractivity contribution in [2.75, 3.05) is 5.32 Å². The zero-order chi connectivity index (χ0) is 20.3. The van der Waals surface area contributed by atoms with Crippen LogP contribution < -0.4 is 10.1 Å². The second-order valence-electron chi connectivity index (χ2n) is 6.52. The van der Waals surface area contributed by atoms with Crippen LogP contribution in [0.25, 0.3) is 22.5 Å². The van der Waals surface area contributed by atoms with Crippen molar-refractivity contribution >= 4 is 34.1 Å². The van der Waals surface area contributed by atoms with Crippen LogP contribution in [0.4, 0.5) is 11.5 Å². The fourth-order valence-electron chi connectivity index (χ4n) is 3.07. The van der Waals surface area contributed by atoms with Gasteiger partial charge in [-0.15, -0.1) is 0 Å². The number of ether oxygens (including phenoxy) is 1. The van der Waals surface area contributed by atoms with Crippen LogP contribution in [0.3, 0.4) is 0 Å². The summed E-state index contributed by atoms with van der Waals surface area (Å²) in [7, 11) is 0. The molecule has 5 aromatic rings. The Kier molecular flexibility index (Phi) is 4.78. The number of nitrogens with one attached hydrogen (secondary N) is 2. The summed E-state index contributed by atoms with van der Waals surface area (Å²) in [6.45, 7) is 0.345. The van der Waals surface area contributed by atoms with Gasteiger partial charge in [0.05, 0.1) is 28.2 Å². The monoisotopic (exact) mass is 417 g/mol. The molecule has 4 aromatic heterocycles. The van der Waals surface area contributed by atoms with Crippen LogP contribution in [-0.4, -0.2) is 19.9 Å². The molecule has 0 spiro atoms. The van der Waals surface area contributed by atoms with E-state index in [9.17, 15) is 0 Å². The fraction of sp³-hybridized carbons (Fsp3) is 0.0455. The summed E-state index contributed by atoms with van der Waals surface area (Å²) in [6.07, 6.45) is 4.87. The fourth-order valence-corrected chi connectivity index (χ4v) is 3.30. The van der Waals surface area contributed by atoms with Gasteiger partial charge in [-0.3, -0.25) is 4.98 Å². The molecule has 30 heavy (non-hydrogen) atoms. The molecule has 0 radical (unpaired) electrons. The third kappa shape index (κ3) is 3.70. The first-order chi connectivity index (χ1) is 14.8. The first-order valence-corrected chi connectivity index (χ1v) is 9.61. The van der Waals surface area contributed by atoms with Gasteiger partial charge >= 0.3 is 0 Å². The van der Waals surface area contributed by atoms with Crippen LogP contribution in [-0.2, 0) is 6.61 Å². The lowest BCUT2D eigenvalue weighted by Gasteiger charge is -2.11. The summed E-state index contributed by atoms with van der Waals surface area (Å²) in [6, 6.07) is 16.8. The maximum Gasteiger partial charge on any atom is 0.158 e. The van der Waals surface area contributed by atoms with Crippen LogP contribution >= 0.6 is 11.6 Å². The van der Waals surface area contributed by atoms with Crippen molar-refractivity contribution < 1.29 is 9.15 Å². The Balaban J connectivity index is 1.36. The molecule has 0 bridgehead atoms. The topological polar surface area (TPSA) is 88.9 Å². The highest BCUT2D eigenvalue weighted by atomic mass is 35.5. The molecule has 0 aliphatic heterocycles. The highest BCUT2D eigenvalue weighted by Crippen LogP contribution is 2.32. The first-order valence-electron chi connectivity index (χ1n) is 9.23. The molecule has 8 heteroatoms. The van der Waals surface area contributed by atoms with Gasteiger partial charge in [-0.1, -0.05) is 17.7 Å². The maximum absolute atomic E-state index is 6.41. The number of benzene rings is 1. The molecule has 0 unspecified atom stereocenters. The Morgan fingerprint density at radius 2 is 2.00 bits per heavy atom. The van der Waals surface area contributed by atoms with Gasteiger partial charge in [-0.05, 0) is 48.5 Å². The van der Waals surface area contributed by atoms with Gasteiger partial charge in [0.25, 0.3) is 0 Å². The zero-order valence-electron chi connectivity index (χ0n) is 15.7. The number of nitrogens with zero attached hydrogens (tertiary/aromatic N) is 3. The summed E-state index contributed by atoms with van der Waals surface area (Å²) in [5.41, 5.74) is 3.99. The van der Waals surface area contributed by atoms with Crippen LogP contribution in [0, 0.1) is 0 Å². The molecular weight excluding hydrogens is 402 g/mol. The van der Waals surface area contributed by atoms with Gasteiger partial charge < -0.3 is 19.5 Å². The molecule has 2 N–H and O–H groups in total. The standard InChI is InChI=1S/C22H16ClN5O2/c23-16-10-14(6-7-19(16)30-12-15-4-1-2-8-24-15)27-22-21-18(25-13-26-22)11-17(28-21)20-5-3-9-29-20/h1-11,13,28H,12H2,(H,25,26,27). The predicted octanol–water partition coefficient (Wildman–Crippen LogP) is 5.59. The summed E-state index contributed by atoms with van der Waals surface area (Å²) >= 11 is 6.41. The minimum absolute atomic E-state index is 0.345. The van der Waals surface area contributed by atoms with E-state index in [0.29, 0.717) is 23.2 Å². The van der Waals surface area contributed by atoms with Gasteiger partial charge in [0.1, 0.15) is 30.0 Å². The normalized spacial score (nSPS) is 11.0. The van der Waals surface area contributed by atoms with Crippen molar-refractivity contribution in [1.29, 1.82) is 0 Å². The van der Waals surface area contributed by atoms with E-state index in [1.54, 1.807) is 18.5 Å². The average Bonchev–Trinajstić information content (AvgIpc) is 3.44. The number of anilines is 2. The van der Waals surface area contributed by atoms with Crippen LogP contribution in [0.2, 0.25) is 5.02 Å². The first kappa shape index (κ1) is 18.2. The average molecular weight is 418 g/mol. The second-order valence-corrected chi connectivity index (χ2v) is 6.93. The van der Waals surface area contributed by atoms with Crippen molar-refractivity contribution in [3.05, 3.63) is 84.1 Å². The summed E-state index contributed by atoms with van der Waals surface area (Å²) < 4.78 is 11.2. The molecule has 0 amide bonds. The molecule has 5 rings (SSSR count). The van der Waals surface area contributed by atoms with Crippen molar-refractivity contribution in [1.82, 2.24) is 19.9 Å². The van der Waals surface area contributed by atoms with E-state index in [-0.39, 0.29) is 0 Å². The number of aromatic amines is 1. The molecule has 1 aromatic carbocycles. The summed E-state index contributed by atoms with van der Waals surface area (Å²) in [5.74, 6) is 1.95. The Morgan fingerprint density at radius 1 is 1.03 bits per heavy atom. The molecule has 0 atom stereocenters. The van der Waals surface area contributed by atoms with Gasteiger partial charge in [0, 0.05) is 11.9 Å². The summed E-state index contributed by atoms with van der Waals surface area (Å²) in [5, 5.41) is 3.77. The lowest BCUT2D eigenvalue weighted by Crippen LogP contribution is -1.99. The zero-order valence-corrected chi connectivity index (χ0v) is 16.4. The largest absolute Gasteiger partial charge is 0.486 e. The van der Waals surface area contributed by atoms with E-state index in [1.807, 2.05) is 48.5 Å². The maximum atomic E-state index is 6.41. The number of hydrogen-bond donors (Lipinski definition) is 2. The predicted molar refractivity (Wildman–Crippen MR) is 115 cm³/mol. The van der Waals surface area contributed by atoms with E-state index in [1.165, 1.54) is 6.33 Å². The molecular formula is C22H16ClN5O2. The number of fused-ring (bicyclic) bond motifs is 1. The third-order valence-electron chi connectivity index (χ3n) is 4.50. The lowest BCUT2D eigenvalue weighted by molar-refractivity contribution is 0.301. The smallest absolute Gasteiger partial charge is 0.158 e. The number of furan rings is 1. The van der Waals surface area contributed by atoms with Crippen LogP contribution in [0.5, 0.6) is 5.75 Å². The number of H-pyrrole nitrogens is 1. The second kappa shape index (κ2) is 7.88. The van der Waals surface area contributed by atoms with Crippen LogP contribution in [0.1, 0.15) is 5.69 Å². The Labute approximate surface area is 176 Å². The van der Waals surface area contributed by atoms with E-state index in [0.717, 1.165) is 33.9 Å². The molecule has 148 valence electrons. The Morgan fingerprint density at radius 3 is 2.80 bits per heavy atom. The van der Waals surface area contributed by atoms with Gasteiger partial charge in [0.2, 0.25) is 0 Å². The number of rotatable bonds is 6. The molecule has 0 saturated heterocycles. The highest BCUT2D eigenvalue weighted by Gasteiger charge is 2.12. The van der Waals surface area contributed by atoms with Gasteiger partial charge in [-0.2, -0.15) is 0 Å². The third-order valence-corrected chi connectivity index (χ3v) is 4.80. The SMILES string of the molecule is Clc1cc(Nc2ncnc3cc(-c4ccco4)[nH]c23)ccc1OCc1ccccn1. The molecule has 7 nitrogen and oxygen atoms in total. The minimum atomic E-state index is 0.345. The van der Waals surface area contributed by atoms with Crippen molar-refractivity contribution in [2.24, 2.45) is 0 Å². The van der Waals surface area contributed by atoms with E-state index in [2.05, 4.69) is 25.3 Å². The molecule has 0 aliphatic rings. The Bertz CT molecular complexity index is 1290. The number of hydrogen-bond acceptors (Lipinski definition) is 6. The van der Waals surface area contributed by atoms with E-state index in [4.69, 9.17) is 20.8 Å². The van der Waals surface area contributed by atoms with Crippen LogP contribution in [0.15, 0.2) is 77.8 Å². The van der Waals surface area contributed by atoms with Gasteiger partial charge in [0.15, 0.2) is 5.82 Å². The lowest BCUT2D eigenvalue weighted by atomic mass is 10.3. The molecule has 0 fully saturated rings. The minimum Gasteiger partial charge on any atom is -0.486 e. The number of aromatic nitrogens is 4. The van der Waals surface area contributed by atoms with Crippen molar-refractivity contribution in [2.45, 2.75) is 6.61 Å². The number of halogens is 1. The van der Waals surface area contributed by atoms with Gasteiger partial charge in [-0.25, -0.2) is 9.97 Å². The summed E-state index contributed by atoms with van der Waals surface area (Å²) in [4.78, 5) is 16.2.